The summed E-state index contributed by atoms with van der Waals surface area (Å²) in [7, 11) is 1.49. The normalized spacial score (nSPS) is 22.8. The Morgan fingerprint density at radius 1 is 1.31 bits per heavy atom. The van der Waals surface area contributed by atoms with E-state index in [9.17, 15) is 9.59 Å². The number of esters is 1. The van der Waals surface area contributed by atoms with Crippen molar-refractivity contribution in [2.45, 2.75) is 37.8 Å². The molecule has 0 amide bonds. The third-order valence-electron chi connectivity index (χ3n) is 6.80. The number of carbonyl (C=O) groups is 1. The molecule has 1 aliphatic carbocycles. The molecule has 2 atom stereocenters. The topological polar surface area (TPSA) is 93.0 Å². The number of hydrogen-bond donors (Lipinski definition) is 2. The number of hydrogen-bond acceptors (Lipinski definition) is 7. The van der Waals surface area contributed by atoms with E-state index in [1.165, 1.54) is 19.4 Å². The lowest BCUT2D eigenvalue weighted by molar-refractivity contribution is 0.0431. The lowest BCUT2D eigenvalue weighted by Crippen LogP contribution is -2.40. The molecular weight excluding hydrogens is 417 g/mol. The van der Waals surface area contributed by atoms with Crippen LogP contribution in [0.25, 0.3) is 10.9 Å². The molecule has 0 spiro atoms. The fourth-order valence-electron chi connectivity index (χ4n) is 5.16. The van der Waals surface area contributed by atoms with Crippen molar-refractivity contribution in [1.29, 1.82) is 0 Å². The number of methoxy groups -OCH3 is 1. The second-order valence-electron chi connectivity index (χ2n) is 8.87. The van der Waals surface area contributed by atoms with E-state index in [4.69, 9.17) is 14.6 Å². The first-order valence-corrected chi connectivity index (χ1v) is 11.2. The molecular formula is C23H28FN3O5. The monoisotopic (exact) mass is 445 g/mol. The summed E-state index contributed by atoms with van der Waals surface area (Å²) in [5.74, 6) is -0.567. The Bertz CT molecular complexity index is 1100. The largest absolute Gasteiger partial charge is 0.492 e. The Labute approximate surface area is 184 Å². The maximum atomic E-state index is 15.5. The van der Waals surface area contributed by atoms with Gasteiger partial charge in [-0.05, 0) is 44.2 Å². The van der Waals surface area contributed by atoms with Crippen molar-refractivity contribution in [2.75, 3.05) is 44.9 Å². The van der Waals surface area contributed by atoms with E-state index in [0.717, 1.165) is 38.8 Å². The van der Waals surface area contributed by atoms with Crippen LogP contribution in [0.4, 0.5) is 10.1 Å². The summed E-state index contributed by atoms with van der Waals surface area (Å²) in [6.07, 6.45) is 5.52. The van der Waals surface area contributed by atoms with Gasteiger partial charge in [0.15, 0.2) is 11.6 Å². The van der Waals surface area contributed by atoms with Crippen molar-refractivity contribution >= 4 is 22.6 Å². The fourth-order valence-corrected chi connectivity index (χ4v) is 5.16. The first-order valence-electron chi connectivity index (χ1n) is 11.2. The minimum absolute atomic E-state index is 0.100. The highest BCUT2D eigenvalue weighted by Crippen LogP contribution is 2.45. The maximum absolute atomic E-state index is 15.5. The van der Waals surface area contributed by atoms with Crippen LogP contribution >= 0.6 is 0 Å². The summed E-state index contributed by atoms with van der Waals surface area (Å²) in [6.45, 7) is 1.84. The average molecular weight is 445 g/mol. The highest BCUT2D eigenvalue weighted by atomic mass is 19.1. The van der Waals surface area contributed by atoms with Crippen LogP contribution in [-0.2, 0) is 4.74 Å². The quantitative estimate of drug-likeness (QED) is 0.656. The van der Waals surface area contributed by atoms with Crippen LogP contribution in [0, 0.1) is 11.7 Å². The minimum atomic E-state index is -0.821. The summed E-state index contributed by atoms with van der Waals surface area (Å²) in [5.41, 5.74) is 0.127. The summed E-state index contributed by atoms with van der Waals surface area (Å²) >= 11 is 0. The molecule has 32 heavy (non-hydrogen) atoms. The standard InChI is InChI=1S/C23H28FN3O5/c1-31-22-19-15(9-17(24)20(22)26-10-13-3-2-6-25-18(13)12-26)21(29)16(23(30)32-8-7-28)11-27(19)14-4-5-14/h9,11,13-14,18,25,28H,2-8,10,12H2,1H3/t13-,18+/m0/s1. The summed E-state index contributed by atoms with van der Waals surface area (Å²) in [6, 6.07) is 1.66. The van der Waals surface area contributed by atoms with Crippen LogP contribution in [0.3, 0.4) is 0 Å². The van der Waals surface area contributed by atoms with Gasteiger partial charge in [-0.15, -0.1) is 0 Å². The Balaban J connectivity index is 1.66. The molecule has 1 aromatic heterocycles. The zero-order valence-electron chi connectivity index (χ0n) is 18.1. The maximum Gasteiger partial charge on any atom is 0.343 e. The van der Waals surface area contributed by atoms with Gasteiger partial charge in [0.25, 0.3) is 0 Å². The van der Waals surface area contributed by atoms with Crippen molar-refractivity contribution in [3.8, 4) is 5.75 Å². The zero-order chi connectivity index (χ0) is 22.4. The van der Waals surface area contributed by atoms with Crippen LogP contribution in [0.5, 0.6) is 5.75 Å². The SMILES string of the molecule is COc1c(N2C[C@@H]3CCCN[C@@H]3C2)c(F)cc2c(=O)c(C(=O)OCCO)cn(C3CC3)c12. The van der Waals surface area contributed by atoms with Crippen molar-refractivity contribution in [3.63, 3.8) is 0 Å². The number of aromatic nitrogens is 1. The number of benzene rings is 1. The molecule has 2 aromatic rings. The number of pyridine rings is 1. The van der Waals surface area contributed by atoms with Gasteiger partial charge in [-0.3, -0.25) is 4.79 Å². The van der Waals surface area contributed by atoms with Gasteiger partial charge in [-0.25, -0.2) is 9.18 Å². The highest BCUT2D eigenvalue weighted by Gasteiger charge is 2.38. The Morgan fingerprint density at radius 2 is 2.12 bits per heavy atom. The highest BCUT2D eigenvalue weighted by molar-refractivity contribution is 5.97. The number of carbonyl (C=O) groups excluding carboxylic acids is 1. The Hall–Kier alpha value is -2.65. The van der Waals surface area contributed by atoms with Crippen molar-refractivity contribution in [1.82, 2.24) is 9.88 Å². The van der Waals surface area contributed by atoms with Crippen LogP contribution in [-0.4, -0.2) is 61.6 Å². The minimum Gasteiger partial charge on any atom is -0.492 e. The Kier molecular flexibility index (Phi) is 5.54. The van der Waals surface area contributed by atoms with Crippen LogP contribution in [0.15, 0.2) is 17.1 Å². The fraction of sp³-hybridized carbons (Fsp3) is 0.565. The number of nitrogens with zero attached hydrogens (tertiary/aromatic N) is 2. The average Bonchev–Trinajstić information content (AvgIpc) is 3.55. The molecule has 3 fully saturated rings. The lowest BCUT2D eigenvalue weighted by Gasteiger charge is -2.25. The third kappa shape index (κ3) is 3.53. The molecule has 8 nitrogen and oxygen atoms in total. The van der Waals surface area contributed by atoms with Crippen LogP contribution < -0.4 is 20.4 Å². The number of nitrogens with one attached hydrogen (secondary N) is 1. The van der Waals surface area contributed by atoms with Gasteiger partial charge in [-0.2, -0.15) is 0 Å². The summed E-state index contributed by atoms with van der Waals surface area (Å²) in [4.78, 5) is 27.6. The van der Waals surface area contributed by atoms with E-state index in [1.54, 1.807) is 0 Å². The second-order valence-corrected chi connectivity index (χ2v) is 8.87. The smallest absolute Gasteiger partial charge is 0.343 e. The summed E-state index contributed by atoms with van der Waals surface area (Å²) < 4.78 is 28.1. The van der Waals surface area contributed by atoms with Gasteiger partial charge in [0.05, 0.1) is 24.6 Å². The van der Waals surface area contributed by atoms with E-state index in [2.05, 4.69) is 5.32 Å². The number of fused-ring (bicyclic) bond motifs is 2. The van der Waals surface area contributed by atoms with E-state index < -0.39 is 17.2 Å². The molecule has 5 rings (SSSR count). The first-order chi connectivity index (χ1) is 15.5. The predicted molar refractivity (Wildman–Crippen MR) is 117 cm³/mol. The Morgan fingerprint density at radius 3 is 2.81 bits per heavy atom. The van der Waals surface area contributed by atoms with Gasteiger partial charge in [-0.1, -0.05) is 0 Å². The molecule has 9 heteroatoms. The van der Waals surface area contributed by atoms with E-state index in [0.29, 0.717) is 35.5 Å². The third-order valence-corrected chi connectivity index (χ3v) is 6.80. The molecule has 2 aliphatic heterocycles. The molecule has 0 unspecified atom stereocenters. The molecule has 3 heterocycles. The zero-order valence-corrected chi connectivity index (χ0v) is 18.1. The van der Waals surface area contributed by atoms with Gasteiger partial charge < -0.3 is 29.4 Å². The van der Waals surface area contributed by atoms with E-state index in [-0.39, 0.29) is 30.2 Å². The van der Waals surface area contributed by atoms with Gasteiger partial charge in [0.2, 0.25) is 5.43 Å². The van der Waals surface area contributed by atoms with E-state index >= 15 is 4.39 Å². The molecule has 172 valence electrons. The number of aliphatic hydroxyl groups excluding tert-OH is 1. The molecule has 2 saturated heterocycles. The molecule has 0 radical (unpaired) electrons. The van der Waals surface area contributed by atoms with Crippen LogP contribution in [0.2, 0.25) is 0 Å². The van der Waals surface area contributed by atoms with Crippen LogP contribution in [0.1, 0.15) is 42.1 Å². The van der Waals surface area contributed by atoms with Gasteiger partial charge in [0, 0.05) is 31.4 Å². The van der Waals surface area contributed by atoms with Crippen molar-refractivity contribution in [3.05, 3.63) is 33.9 Å². The molecule has 2 N–H and O–H groups in total. The molecule has 3 aliphatic rings. The van der Waals surface area contributed by atoms with Crippen molar-refractivity contribution in [2.24, 2.45) is 5.92 Å². The van der Waals surface area contributed by atoms with E-state index in [1.807, 2.05) is 9.47 Å². The van der Waals surface area contributed by atoms with Gasteiger partial charge in [0.1, 0.15) is 17.9 Å². The molecule has 0 bridgehead atoms. The number of anilines is 1. The lowest BCUT2D eigenvalue weighted by atomic mass is 9.94. The number of rotatable bonds is 6. The predicted octanol–water partition coefficient (Wildman–Crippen LogP) is 1.82. The van der Waals surface area contributed by atoms with Gasteiger partial charge >= 0.3 is 5.97 Å². The summed E-state index contributed by atoms with van der Waals surface area (Å²) in [5, 5.41) is 12.6. The first kappa shape index (κ1) is 21.2. The van der Waals surface area contributed by atoms with Crippen molar-refractivity contribution < 1.29 is 23.8 Å². The number of aliphatic hydroxyl groups is 1. The number of piperidine rings is 1. The molecule has 1 aromatic carbocycles. The second kappa shape index (κ2) is 8.37. The molecule has 1 saturated carbocycles. The number of ether oxygens (including phenoxy) is 2. The number of halogens is 1.